The van der Waals surface area contributed by atoms with Gasteiger partial charge in [-0.05, 0) is 12.1 Å². The number of amides is 1. The van der Waals surface area contributed by atoms with Gasteiger partial charge in [0.15, 0.2) is 0 Å². The molecule has 1 aromatic carbocycles. The number of hydrogen-bond acceptors (Lipinski definition) is 3. The lowest BCUT2D eigenvalue weighted by Crippen LogP contribution is -2.18. The molecule has 0 saturated heterocycles. The first kappa shape index (κ1) is 13.5. The van der Waals surface area contributed by atoms with Crippen LogP contribution in [0.3, 0.4) is 0 Å². The Labute approximate surface area is 112 Å². The van der Waals surface area contributed by atoms with Crippen molar-refractivity contribution in [1.29, 1.82) is 0 Å². The maximum Gasteiger partial charge on any atom is 0.288 e. The number of carbonyl (C=O) groups excluding carboxylic acids is 1. The summed E-state index contributed by atoms with van der Waals surface area (Å²) in [6, 6.07) is 6.47. The van der Waals surface area contributed by atoms with Crippen molar-refractivity contribution in [2.45, 2.75) is 17.2 Å². The summed E-state index contributed by atoms with van der Waals surface area (Å²) in [6.07, 6.45) is 4.73. The molecule has 0 unspecified atom stereocenters. The molecule has 0 radical (unpaired) electrons. The number of alkyl halides is 2. The lowest BCUT2D eigenvalue weighted by molar-refractivity contribution is -0.116. The van der Waals surface area contributed by atoms with Gasteiger partial charge in [-0.25, -0.2) is 4.98 Å². The van der Waals surface area contributed by atoms with Gasteiger partial charge in [0.1, 0.15) is 6.54 Å². The van der Waals surface area contributed by atoms with Crippen LogP contribution in [-0.2, 0) is 11.3 Å². The van der Waals surface area contributed by atoms with Crippen LogP contribution < -0.4 is 5.32 Å². The number of para-hydroxylation sites is 1. The van der Waals surface area contributed by atoms with Crippen LogP contribution in [0, 0.1) is 0 Å². The van der Waals surface area contributed by atoms with Gasteiger partial charge in [-0.2, -0.15) is 8.78 Å². The molecular weight excluding hydrogens is 272 g/mol. The van der Waals surface area contributed by atoms with E-state index in [9.17, 15) is 13.6 Å². The topological polar surface area (TPSA) is 46.9 Å². The number of hydrogen-bond donors (Lipinski definition) is 1. The third kappa shape index (κ3) is 4.06. The maximum absolute atomic E-state index is 12.4. The van der Waals surface area contributed by atoms with E-state index in [1.54, 1.807) is 41.2 Å². The first-order valence-corrected chi connectivity index (χ1v) is 6.32. The molecular formula is C12H11F2N3OS. The van der Waals surface area contributed by atoms with E-state index in [1.807, 2.05) is 0 Å². The Kier molecular flexibility index (Phi) is 4.51. The van der Waals surface area contributed by atoms with Crippen LogP contribution in [0.5, 0.6) is 0 Å². The molecule has 2 rings (SSSR count). The normalized spacial score (nSPS) is 10.7. The zero-order valence-electron chi connectivity index (χ0n) is 9.79. The summed E-state index contributed by atoms with van der Waals surface area (Å²) in [5.41, 5.74) is 0.387. The number of anilines is 1. The molecule has 0 aliphatic carbocycles. The highest BCUT2D eigenvalue weighted by Gasteiger charge is 2.11. The molecule has 100 valence electrons. The number of benzene rings is 1. The Balaban J connectivity index is 2.04. The predicted molar refractivity (Wildman–Crippen MR) is 69.2 cm³/mol. The molecule has 7 heteroatoms. The number of thioether (sulfide) groups is 1. The average molecular weight is 283 g/mol. The molecule has 1 heterocycles. The lowest BCUT2D eigenvalue weighted by Gasteiger charge is -2.10. The van der Waals surface area contributed by atoms with Crippen LogP contribution in [0.4, 0.5) is 14.5 Å². The molecule has 1 N–H and O–H groups in total. The van der Waals surface area contributed by atoms with Gasteiger partial charge in [-0.3, -0.25) is 4.79 Å². The molecule has 0 spiro atoms. The van der Waals surface area contributed by atoms with Crippen LogP contribution in [0.25, 0.3) is 0 Å². The van der Waals surface area contributed by atoms with Gasteiger partial charge < -0.3 is 9.88 Å². The molecule has 4 nitrogen and oxygen atoms in total. The van der Waals surface area contributed by atoms with Crippen LogP contribution in [0.15, 0.2) is 47.9 Å². The summed E-state index contributed by atoms with van der Waals surface area (Å²) in [5, 5.41) is 2.61. The highest BCUT2D eigenvalue weighted by molar-refractivity contribution is 7.99. The SMILES string of the molecule is O=C(Cn1ccnc1)Nc1ccccc1SC(F)F. The number of carbonyl (C=O) groups is 1. The number of aromatic nitrogens is 2. The fraction of sp³-hybridized carbons (Fsp3) is 0.167. The predicted octanol–water partition coefficient (Wildman–Crippen LogP) is 2.84. The summed E-state index contributed by atoms with van der Waals surface area (Å²) >= 11 is 0.408. The van der Waals surface area contributed by atoms with Gasteiger partial charge in [-0.1, -0.05) is 23.9 Å². The van der Waals surface area contributed by atoms with Crippen molar-refractivity contribution in [3.63, 3.8) is 0 Å². The Bertz CT molecular complexity index is 546. The summed E-state index contributed by atoms with van der Waals surface area (Å²) < 4.78 is 26.4. The van der Waals surface area contributed by atoms with Gasteiger partial charge in [-0.15, -0.1) is 0 Å². The summed E-state index contributed by atoms with van der Waals surface area (Å²) in [6.45, 7) is 0.0910. The van der Waals surface area contributed by atoms with Crippen LogP contribution in [0.2, 0.25) is 0 Å². The second-order valence-electron chi connectivity index (χ2n) is 3.66. The van der Waals surface area contributed by atoms with Crippen LogP contribution in [0.1, 0.15) is 0 Å². The van der Waals surface area contributed by atoms with E-state index in [0.717, 1.165) is 0 Å². The standard InChI is InChI=1S/C12H11F2N3OS/c13-12(14)19-10-4-2-1-3-9(10)16-11(18)7-17-6-5-15-8-17/h1-6,8,12H,7H2,(H,16,18). The van der Waals surface area contributed by atoms with Gasteiger partial charge in [0, 0.05) is 17.3 Å². The highest BCUT2D eigenvalue weighted by Crippen LogP contribution is 2.31. The number of nitrogens with zero attached hydrogens (tertiary/aromatic N) is 2. The van der Waals surface area contributed by atoms with E-state index in [2.05, 4.69) is 10.3 Å². The molecule has 0 aliphatic heterocycles. The van der Waals surface area contributed by atoms with E-state index in [0.29, 0.717) is 22.3 Å². The average Bonchev–Trinajstić information content (AvgIpc) is 2.83. The molecule has 0 atom stereocenters. The fourth-order valence-electron chi connectivity index (χ4n) is 1.50. The lowest BCUT2D eigenvalue weighted by atomic mass is 10.3. The van der Waals surface area contributed by atoms with Crippen LogP contribution in [-0.4, -0.2) is 21.2 Å². The molecule has 19 heavy (non-hydrogen) atoms. The van der Waals surface area contributed by atoms with Crippen molar-refractivity contribution in [1.82, 2.24) is 9.55 Å². The van der Waals surface area contributed by atoms with Crippen molar-refractivity contribution < 1.29 is 13.6 Å². The quantitative estimate of drug-likeness (QED) is 0.858. The van der Waals surface area contributed by atoms with Crippen molar-refractivity contribution in [2.75, 3.05) is 5.32 Å². The monoisotopic (exact) mass is 283 g/mol. The molecule has 0 aliphatic rings. The fourth-order valence-corrected chi connectivity index (χ4v) is 2.10. The largest absolute Gasteiger partial charge is 0.328 e. The van der Waals surface area contributed by atoms with Gasteiger partial charge in [0.2, 0.25) is 5.91 Å². The third-order valence-corrected chi connectivity index (χ3v) is 3.05. The van der Waals surface area contributed by atoms with E-state index in [4.69, 9.17) is 0 Å². The van der Waals surface area contributed by atoms with Crippen molar-refractivity contribution in [3.05, 3.63) is 43.0 Å². The van der Waals surface area contributed by atoms with Crippen molar-refractivity contribution >= 4 is 23.4 Å². The van der Waals surface area contributed by atoms with Crippen LogP contribution >= 0.6 is 11.8 Å². The Morgan fingerprint density at radius 1 is 1.42 bits per heavy atom. The van der Waals surface area contributed by atoms with Crippen molar-refractivity contribution in [2.24, 2.45) is 0 Å². The van der Waals surface area contributed by atoms with E-state index >= 15 is 0 Å². The van der Waals surface area contributed by atoms with E-state index in [-0.39, 0.29) is 12.5 Å². The minimum absolute atomic E-state index is 0.0910. The zero-order valence-corrected chi connectivity index (χ0v) is 10.6. The Hall–Kier alpha value is -1.89. The molecule has 1 amide bonds. The molecule has 0 saturated carbocycles. The number of halogens is 2. The highest BCUT2D eigenvalue weighted by atomic mass is 32.2. The second-order valence-corrected chi connectivity index (χ2v) is 4.69. The van der Waals surface area contributed by atoms with Gasteiger partial charge in [0.05, 0.1) is 12.0 Å². The number of nitrogens with one attached hydrogen (secondary N) is 1. The van der Waals surface area contributed by atoms with E-state index in [1.165, 1.54) is 6.33 Å². The Morgan fingerprint density at radius 2 is 2.21 bits per heavy atom. The molecule has 0 bridgehead atoms. The minimum atomic E-state index is -2.52. The number of imidazole rings is 1. The summed E-state index contributed by atoms with van der Waals surface area (Å²) in [4.78, 5) is 15.9. The molecule has 2 aromatic rings. The molecule has 1 aromatic heterocycles. The smallest absolute Gasteiger partial charge is 0.288 e. The van der Waals surface area contributed by atoms with Gasteiger partial charge >= 0.3 is 0 Å². The maximum atomic E-state index is 12.4. The third-order valence-electron chi connectivity index (χ3n) is 2.26. The molecule has 0 fully saturated rings. The summed E-state index contributed by atoms with van der Waals surface area (Å²) in [7, 11) is 0. The van der Waals surface area contributed by atoms with Gasteiger partial charge in [0.25, 0.3) is 5.76 Å². The van der Waals surface area contributed by atoms with Crippen molar-refractivity contribution in [3.8, 4) is 0 Å². The second kappa shape index (κ2) is 6.33. The zero-order chi connectivity index (χ0) is 13.7. The summed E-state index contributed by atoms with van der Waals surface area (Å²) in [5.74, 6) is -2.81. The van der Waals surface area contributed by atoms with E-state index < -0.39 is 5.76 Å². The first-order valence-electron chi connectivity index (χ1n) is 5.44. The first-order chi connectivity index (χ1) is 9.15. The Morgan fingerprint density at radius 3 is 2.89 bits per heavy atom. The minimum Gasteiger partial charge on any atom is -0.328 e. The number of rotatable bonds is 5.